The maximum atomic E-state index is 13.1. The highest BCUT2D eigenvalue weighted by atomic mass is 19.1. The molecule has 2 N–H and O–H groups in total. The van der Waals surface area contributed by atoms with Crippen molar-refractivity contribution in [2.45, 2.75) is 32.2 Å². The molecular weight excluding hydrogens is 267 g/mol. The van der Waals surface area contributed by atoms with Gasteiger partial charge in [0.2, 0.25) is 0 Å². The highest BCUT2D eigenvalue weighted by Gasteiger charge is 2.22. The lowest BCUT2D eigenvalue weighted by Gasteiger charge is -2.23. The molecule has 0 radical (unpaired) electrons. The van der Waals surface area contributed by atoms with Crippen LogP contribution in [0.5, 0.6) is 0 Å². The first kappa shape index (κ1) is 16.4. The van der Waals surface area contributed by atoms with Gasteiger partial charge in [0.15, 0.2) is 0 Å². The molecule has 1 aliphatic heterocycles. The SMILES string of the molecule is CCCNC(CCN1CCC(CO)C1)c1ccc(F)cc1. The Morgan fingerprint density at radius 3 is 2.76 bits per heavy atom. The predicted molar refractivity (Wildman–Crippen MR) is 83.7 cm³/mol. The number of nitrogens with zero attached hydrogens (tertiary/aromatic N) is 1. The molecule has 4 heteroatoms. The smallest absolute Gasteiger partial charge is 0.123 e. The number of nitrogens with one attached hydrogen (secondary N) is 1. The van der Waals surface area contributed by atoms with Gasteiger partial charge in [0.25, 0.3) is 0 Å². The monoisotopic (exact) mass is 294 g/mol. The van der Waals surface area contributed by atoms with Crippen LogP contribution in [0, 0.1) is 11.7 Å². The molecule has 1 aromatic rings. The Bertz CT molecular complexity index is 410. The first-order valence-electron chi connectivity index (χ1n) is 8.05. The van der Waals surface area contributed by atoms with E-state index in [0.717, 1.165) is 51.0 Å². The van der Waals surface area contributed by atoms with Crippen LogP contribution >= 0.6 is 0 Å². The average Bonchev–Trinajstić information content (AvgIpc) is 2.97. The van der Waals surface area contributed by atoms with Gasteiger partial charge in [-0.1, -0.05) is 19.1 Å². The molecule has 3 nitrogen and oxygen atoms in total. The van der Waals surface area contributed by atoms with E-state index in [4.69, 9.17) is 0 Å². The van der Waals surface area contributed by atoms with E-state index in [2.05, 4.69) is 17.1 Å². The van der Waals surface area contributed by atoms with Crippen LogP contribution in [-0.4, -0.2) is 42.8 Å². The number of likely N-dealkylation sites (tertiary alicyclic amines) is 1. The quantitative estimate of drug-likeness (QED) is 0.773. The van der Waals surface area contributed by atoms with Gasteiger partial charge >= 0.3 is 0 Å². The summed E-state index contributed by atoms with van der Waals surface area (Å²) >= 11 is 0. The standard InChI is InChI=1S/C17H27FN2O/c1-2-9-19-17(15-3-5-16(18)6-4-15)8-11-20-10-7-14(12-20)13-21/h3-6,14,17,19,21H,2,7-13H2,1H3. The van der Waals surface area contributed by atoms with Crippen molar-refractivity contribution in [3.8, 4) is 0 Å². The van der Waals surface area contributed by atoms with Gasteiger partial charge in [-0.25, -0.2) is 4.39 Å². The summed E-state index contributed by atoms with van der Waals surface area (Å²) in [6.45, 7) is 6.53. The zero-order valence-electron chi connectivity index (χ0n) is 12.9. The molecular formula is C17H27FN2O. The van der Waals surface area contributed by atoms with Gasteiger partial charge in [-0.05, 0) is 62.5 Å². The summed E-state index contributed by atoms with van der Waals surface area (Å²) in [5.41, 5.74) is 1.16. The van der Waals surface area contributed by atoms with Crippen molar-refractivity contribution in [1.29, 1.82) is 0 Å². The second-order valence-corrected chi connectivity index (χ2v) is 5.98. The lowest BCUT2D eigenvalue weighted by Crippen LogP contribution is -2.29. The lowest BCUT2D eigenvalue weighted by atomic mass is 10.0. The average molecular weight is 294 g/mol. The van der Waals surface area contributed by atoms with Crippen LogP contribution in [0.1, 0.15) is 37.8 Å². The van der Waals surface area contributed by atoms with Crippen molar-refractivity contribution in [3.05, 3.63) is 35.6 Å². The summed E-state index contributed by atoms with van der Waals surface area (Å²) < 4.78 is 13.1. The van der Waals surface area contributed by atoms with E-state index < -0.39 is 0 Å². The highest BCUT2D eigenvalue weighted by Crippen LogP contribution is 2.21. The molecule has 1 fully saturated rings. The molecule has 1 aromatic carbocycles. The van der Waals surface area contributed by atoms with E-state index in [1.165, 1.54) is 12.1 Å². The van der Waals surface area contributed by atoms with Crippen LogP contribution < -0.4 is 5.32 Å². The van der Waals surface area contributed by atoms with Gasteiger partial charge in [0.05, 0.1) is 0 Å². The van der Waals surface area contributed by atoms with E-state index in [1.54, 1.807) is 0 Å². The normalized spacial score (nSPS) is 20.8. The molecule has 0 spiro atoms. The zero-order chi connectivity index (χ0) is 15.1. The number of aliphatic hydroxyl groups is 1. The van der Waals surface area contributed by atoms with Gasteiger partial charge in [-0.15, -0.1) is 0 Å². The van der Waals surface area contributed by atoms with Gasteiger partial charge in [0.1, 0.15) is 5.82 Å². The maximum Gasteiger partial charge on any atom is 0.123 e. The number of rotatable bonds is 8. The van der Waals surface area contributed by atoms with Crippen molar-refractivity contribution in [2.75, 3.05) is 32.8 Å². The Hall–Kier alpha value is -0.970. The summed E-state index contributed by atoms with van der Waals surface area (Å²) in [6, 6.07) is 7.10. The lowest BCUT2D eigenvalue weighted by molar-refractivity contribution is 0.219. The Morgan fingerprint density at radius 2 is 2.14 bits per heavy atom. The van der Waals surface area contributed by atoms with Crippen molar-refractivity contribution in [3.63, 3.8) is 0 Å². The Kier molecular flexibility index (Phi) is 6.61. The Labute approximate surface area is 127 Å². The molecule has 0 aromatic heterocycles. The van der Waals surface area contributed by atoms with E-state index in [9.17, 15) is 9.50 Å². The van der Waals surface area contributed by atoms with Crippen LogP contribution in [0.25, 0.3) is 0 Å². The third-order valence-electron chi connectivity index (χ3n) is 4.28. The van der Waals surface area contributed by atoms with Crippen LogP contribution in [0.3, 0.4) is 0 Å². The topological polar surface area (TPSA) is 35.5 Å². The van der Waals surface area contributed by atoms with Crippen molar-refractivity contribution in [1.82, 2.24) is 10.2 Å². The summed E-state index contributed by atoms with van der Waals surface area (Å²) in [7, 11) is 0. The maximum absolute atomic E-state index is 13.1. The molecule has 1 saturated heterocycles. The van der Waals surface area contributed by atoms with Gasteiger partial charge in [-0.2, -0.15) is 0 Å². The summed E-state index contributed by atoms with van der Waals surface area (Å²) in [5.74, 6) is 0.260. The van der Waals surface area contributed by atoms with E-state index in [-0.39, 0.29) is 11.9 Å². The van der Waals surface area contributed by atoms with Crippen molar-refractivity contribution < 1.29 is 9.50 Å². The molecule has 0 aliphatic carbocycles. The van der Waals surface area contributed by atoms with Crippen LogP contribution in [0.2, 0.25) is 0 Å². The largest absolute Gasteiger partial charge is 0.396 e. The van der Waals surface area contributed by atoms with Crippen LogP contribution in [0.15, 0.2) is 24.3 Å². The third-order valence-corrected chi connectivity index (χ3v) is 4.28. The van der Waals surface area contributed by atoms with Gasteiger partial charge < -0.3 is 15.3 Å². The molecule has 1 aliphatic rings. The third kappa shape index (κ3) is 5.06. The summed E-state index contributed by atoms with van der Waals surface area (Å²) in [4.78, 5) is 2.42. The fourth-order valence-corrected chi connectivity index (χ4v) is 2.98. The fraction of sp³-hybridized carbons (Fsp3) is 0.647. The molecule has 0 bridgehead atoms. The molecule has 2 atom stereocenters. The second-order valence-electron chi connectivity index (χ2n) is 5.98. The van der Waals surface area contributed by atoms with Gasteiger partial charge in [0, 0.05) is 19.2 Å². The minimum Gasteiger partial charge on any atom is -0.396 e. The Morgan fingerprint density at radius 1 is 1.38 bits per heavy atom. The van der Waals surface area contributed by atoms with Gasteiger partial charge in [-0.3, -0.25) is 0 Å². The predicted octanol–water partition coefficient (Wildman–Crippen LogP) is 2.57. The summed E-state index contributed by atoms with van der Waals surface area (Å²) in [6.07, 6.45) is 3.21. The minimum absolute atomic E-state index is 0.182. The number of benzene rings is 1. The highest BCUT2D eigenvalue weighted by molar-refractivity contribution is 5.20. The van der Waals surface area contributed by atoms with Crippen molar-refractivity contribution in [2.24, 2.45) is 5.92 Å². The molecule has 1 heterocycles. The molecule has 2 unspecified atom stereocenters. The minimum atomic E-state index is -0.182. The molecule has 21 heavy (non-hydrogen) atoms. The van der Waals surface area contributed by atoms with E-state index >= 15 is 0 Å². The number of aliphatic hydroxyl groups excluding tert-OH is 1. The number of halogens is 1. The number of hydrogen-bond acceptors (Lipinski definition) is 3. The zero-order valence-corrected chi connectivity index (χ0v) is 12.9. The summed E-state index contributed by atoms with van der Waals surface area (Å²) in [5, 5.41) is 12.8. The molecule has 2 rings (SSSR count). The number of hydrogen-bond donors (Lipinski definition) is 2. The molecule has 118 valence electrons. The van der Waals surface area contributed by atoms with Crippen LogP contribution in [-0.2, 0) is 0 Å². The first-order chi connectivity index (χ1) is 10.2. The molecule has 0 amide bonds. The molecule has 0 saturated carbocycles. The van der Waals surface area contributed by atoms with E-state index in [1.807, 2.05) is 12.1 Å². The van der Waals surface area contributed by atoms with Crippen molar-refractivity contribution >= 4 is 0 Å². The fourth-order valence-electron chi connectivity index (χ4n) is 2.98. The Balaban J connectivity index is 1.89. The van der Waals surface area contributed by atoms with E-state index in [0.29, 0.717) is 12.5 Å². The van der Waals surface area contributed by atoms with Crippen LogP contribution in [0.4, 0.5) is 4.39 Å². The second kappa shape index (κ2) is 8.47. The first-order valence-corrected chi connectivity index (χ1v) is 8.05.